The van der Waals surface area contributed by atoms with Crippen molar-refractivity contribution >= 4 is 11.8 Å². The molecule has 1 fully saturated rings. The predicted molar refractivity (Wildman–Crippen MR) is 106 cm³/mol. The highest BCUT2D eigenvalue weighted by atomic mass is 16.5. The van der Waals surface area contributed by atoms with Crippen molar-refractivity contribution in [2.24, 2.45) is 5.92 Å². The lowest BCUT2D eigenvalue weighted by atomic mass is 10.1. The van der Waals surface area contributed by atoms with Gasteiger partial charge in [-0.15, -0.1) is 0 Å². The van der Waals surface area contributed by atoms with Crippen LogP contribution < -0.4 is 5.32 Å². The van der Waals surface area contributed by atoms with Gasteiger partial charge in [0.25, 0.3) is 5.91 Å². The molecular formula is C22H29N3O3. The molecule has 1 N–H and O–H groups in total. The lowest BCUT2D eigenvalue weighted by Crippen LogP contribution is -2.40. The normalized spacial score (nSPS) is 13.6. The highest BCUT2D eigenvalue weighted by molar-refractivity contribution is 5.92. The second-order valence-corrected chi connectivity index (χ2v) is 7.56. The van der Waals surface area contributed by atoms with Gasteiger partial charge in [0.2, 0.25) is 5.91 Å². The van der Waals surface area contributed by atoms with Crippen molar-refractivity contribution in [3.63, 3.8) is 0 Å². The van der Waals surface area contributed by atoms with Crippen LogP contribution in [0.2, 0.25) is 0 Å². The van der Waals surface area contributed by atoms with Gasteiger partial charge in [-0.05, 0) is 38.2 Å². The molecule has 28 heavy (non-hydrogen) atoms. The van der Waals surface area contributed by atoms with E-state index >= 15 is 0 Å². The molecule has 0 saturated heterocycles. The van der Waals surface area contributed by atoms with Crippen molar-refractivity contribution in [3.05, 3.63) is 52.9 Å². The van der Waals surface area contributed by atoms with Gasteiger partial charge in [-0.1, -0.05) is 48.8 Å². The first-order valence-electron chi connectivity index (χ1n) is 10.1. The third kappa shape index (κ3) is 5.00. The van der Waals surface area contributed by atoms with Gasteiger partial charge in [0.05, 0.1) is 6.54 Å². The SMILES string of the molecule is CCC(CC)N(Cc1cc(C(=O)NCc2ccc(C)cc2)no1)C(=O)C1CC1. The quantitative estimate of drug-likeness (QED) is 0.714. The highest BCUT2D eigenvalue weighted by Crippen LogP contribution is 2.33. The Labute approximate surface area is 166 Å². The largest absolute Gasteiger partial charge is 0.359 e. The van der Waals surface area contributed by atoms with Crippen LogP contribution in [0.3, 0.4) is 0 Å². The van der Waals surface area contributed by atoms with Gasteiger partial charge in [-0.25, -0.2) is 0 Å². The molecule has 2 aromatic rings. The Morgan fingerprint density at radius 3 is 2.50 bits per heavy atom. The van der Waals surface area contributed by atoms with Crippen molar-refractivity contribution in [3.8, 4) is 0 Å². The number of hydrogen-bond donors (Lipinski definition) is 1. The summed E-state index contributed by atoms with van der Waals surface area (Å²) in [7, 11) is 0. The summed E-state index contributed by atoms with van der Waals surface area (Å²) in [6, 6.07) is 9.82. The molecule has 150 valence electrons. The first kappa shape index (κ1) is 20.1. The number of carbonyl (C=O) groups excluding carboxylic acids is 2. The van der Waals surface area contributed by atoms with E-state index in [2.05, 4.69) is 24.3 Å². The Hall–Kier alpha value is -2.63. The van der Waals surface area contributed by atoms with Crippen LogP contribution in [0.25, 0.3) is 0 Å². The average molecular weight is 383 g/mol. The monoisotopic (exact) mass is 383 g/mol. The van der Waals surface area contributed by atoms with E-state index in [0.717, 1.165) is 31.2 Å². The van der Waals surface area contributed by atoms with Crippen molar-refractivity contribution in [1.82, 2.24) is 15.4 Å². The molecule has 1 aliphatic carbocycles. The van der Waals surface area contributed by atoms with Crippen LogP contribution in [0.1, 0.15) is 66.9 Å². The maximum Gasteiger partial charge on any atom is 0.273 e. The molecule has 1 aromatic heterocycles. The summed E-state index contributed by atoms with van der Waals surface area (Å²) >= 11 is 0. The van der Waals surface area contributed by atoms with Crippen molar-refractivity contribution in [1.29, 1.82) is 0 Å². The van der Waals surface area contributed by atoms with Crippen LogP contribution in [0, 0.1) is 12.8 Å². The number of benzene rings is 1. The molecule has 0 spiro atoms. The van der Waals surface area contributed by atoms with Gasteiger partial charge in [-0.3, -0.25) is 9.59 Å². The number of amides is 2. The summed E-state index contributed by atoms with van der Waals surface area (Å²) in [6.07, 6.45) is 3.73. The Balaban J connectivity index is 1.61. The molecule has 0 unspecified atom stereocenters. The molecule has 1 aromatic carbocycles. The van der Waals surface area contributed by atoms with Crippen LogP contribution in [0.5, 0.6) is 0 Å². The zero-order valence-corrected chi connectivity index (χ0v) is 16.9. The maximum absolute atomic E-state index is 12.7. The molecular weight excluding hydrogens is 354 g/mol. The van der Waals surface area contributed by atoms with E-state index in [4.69, 9.17) is 4.52 Å². The second kappa shape index (κ2) is 9.04. The summed E-state index contributed by atoms with van der Waals surface area (Å²) < 4.78 is 5.37. The highest BCUT2D eigenvalue weighted by Gasteiger charge is 2.36. The third-order valence-electron chi connectivity index (χ3n) is 5.28. The summed E-state index contributed by atoms with van der Waals surface area (Å²) in [6.45, 7) is 7.00. The summed E-state index contributed by atoms with van der Waals surface area (Å²) in [4.78, 5) is 26.9. The lowest BCUT2D eigenvalue weighted by molar-refractivity contribution is -0.136. The fourth-order valence-corrected chi connectivity index (χ4v) is 3.32. The molecule has 2 amide bonds. The molecule has 1 heterocycles. The number of nitrogens with zero attached hydrogens (tertiary/aromatic N) is 2. The molecule has 6 nitrogen and oxygen atoms in total. The predicted octanol–water partition coefficient (Wildman–Crippen LogP) is 3.84. The molecule has 6 heteroatoms. The number of aromatic nitrogens is 1. The molecule has 0 atom stereocenters. The standard InChI is InChI=1S/C22H29N3O3/c1-4-18(5-2)25(22(27)17-10-11-17)14-19-12-20(24-28-19)21(26)23-13-16-8-6-15(3)7-9-16/h6-9,12,17-18H,4-5,10-11,13-14H2,1-3H3,(H,23,26). The first-order chi connectivity index (χ1) is 13.5. The topological polar surface area (TPSA) is 75.4 Å². The van der Waals surface area contributed by atoms with Crippen LogP contribution in [-0.4, -0.2) is 27.9 Å². The lowest BCUT2D eigenvalue weighted by Gasteiger charge is -2.29. The number of aryl methyl sites for hydroxylation is 1. The number of rotatable bonds is 9. The number of nitrogens with one attached hydrogen (secondary N) is 1. The minimum atomic E-state index is -0.279. The Bertz CT molecular complexity index is 805. The smallest absolute Gasteiger partial charge is 0.273 e. The van der Waals surface area contributed by atoms with Gasteiger partial charge >= 0.3 is 0 Å². The van der Waals surface area contributed by atoms with E-state index in [0.29, 0.717) is 18.8 Å². The van der Waals surface area contributed by atoms with E-state index in [1.54, 1.807) is 6.07 Å². The summed E-state index contributed by atoms with van der Waals surface area (Å²) in [5.41, 5.74) is 2.45. The van der Waals surface area contributed by atoms with E-state index in [1.807, 2.05) is 36.1 Å². The van der Waals surface area contributed by atoms with Crippen LogP contribution in [-0.2, 0) is 17.9 Å². The Kier molecular flexibility index (Phi) is 6.49. The van der Waals surface area contributed by atoms with Crippen LogP contribution >= 0.6 is 0 Å². The second-order valence-electron chi connectivity index (χ2n) is 7.56. The number of hydrogen-bond acceptors (Lipinski definition) is 4. The van der Waals surface area contributed by atoms with Crippen molar-refractivity contribution in [2.45, 2.75) is 65.6 Å². The fourth-order valence-electron chi connectivity index (χ4n) is 3.32. The Morgan fingerprint density at radius 2 is 1.89 bits per heavy atom. The molecule has 1 aliphatic rings. The zero-order valence-electron chi connectivity index (χ0n) is 16.9. The van der Waals surface area contributed by atoms with E-state index in [1.165, 1.54) is 5.56 Å². The fraction of sp³-hybridized carbons (Fsp3) is 0.500. The molecule has 0 bridgehead atoms. The zero-order chi connectivity index (χ0) is 20.1. The van der Waals surface area contributed by atoms with E-state index < -0.39 is 0 Å². The van der Waals surface area contributed by atoms with Gasteiger partial charge < -0.3 is 14.7 Å². The maximum atomic E-state index is 12.7. The van der Waals surface area contributed by atoms with Crippen molar-refractivity contribution < 1.29 is 14.1 Å². The first-order valence-corrected chi connectivity index (χ1v) is 10.1. The minimum Gasteiger partial charge on any atom is -0.359 e. The van der Waals surface area contributed by atoms with E-state index in [9.17, 15) is 9.59 Å². The molecule has 0 aliphatic heterocycles. The summed E-state index contributed by atoms with van der Waals surface area (Å²) in [5.74, 6) is 0.607. The van der Waals surface area contributed by atoms with Gasteiger partial charge in [0.15, 0.2) is 11.5 Å². The van der Waals surface area contributed by atoms with Crippen molar-refractivity contribution in [2.75, 3.05) is 0 Å². The molecule has 1 saturated carbocycles. The minimum absolute atomic E-state index is 0.154. The average Bonchev–Trinajstić information content (AvgIpc) is 3.45. The number of carbonyl (C=O) groups is 2. The van der Waals surface area contributed by atoms with Gasteiger partial charge in [0, 0.05) is 24.6 Å². The van der Waals surface area contributed by atoms with E-state index in [-0.39, 0.29) is 29.5 Å². The summed E-state index contributed by atoms with van der Waals surface area (Å²) in [5, 5.41) is 6.76. The Morgan fingerprint density at radius 1 is 1.21 bits per heavy atom. The van der Waals surface area contributed by atoms with Gasteiger partial charge in [-0.2, -0.15) is 0 Å². The van der Waals surface area contributed by atoms with Crippen LogP contribution in [0.4, 0.5) is 0 Å². The van der Waals surface area contributed by atoms with Crippen LogP contribution in [0.15, 0.2) is 34.9 Å². The molecule has 3 rings (SSSR count). The molecule has 0 radical (unpaired) electrons. The third-order valence-corrected chi connectivity index (χ3v) is 5.28. The van der Waals surface area contributed by atoms with Gasteiger partial charge in [0.1, 0.15) is 0 Å².